The summed E-state index contributed by atoms with van der Waals surface area (Å²) in [4.78, 5) is 3.53. The van der Waals surface area contributed by atoms with Gasteiger partial charge in [0.25, 0.3) is 0 Å². The van der Waals surface area contributed by atoms with E-state index in [0.29, 0.717) is 5.56 Å². The number of benzene rings is 8. The van der Waals surface area contributed by atoms with Crippen LogP contribution in [0.4, 0.5) is 17.1 Å². The van der Waals surface area contributed by atoms with Crippen LogP contribution in [0.5, 0.6) is 0 Å². The Balaban J connectivity index is 1.02. The van der Waals surface area contributed by atoms with Crippen LogP contribution in [0, 0.1) is 11.3 Å². The molecule has 0 unspecified atom stereocenters. The molecule has 0 aliphatic carbocycles. The Hall–Kier alpha value is -7.71. The van der Waals surface area contributed by atoms with Crippen LogP contribution in [0.1, 0.15) is 22.9 Å². The third-order valence-corrected chi connectivity index (χ3v) is 12.5. The summed E-state index contributed by atoms with van der Waals surface area (Å²) >= 11 is 1.78. The van der Waals surface area contributed by atoms with Crippen molar-refractivity contribution in [3.8, 4) is 45.1 Å². The third kappa shape index (κ3) is 6.58. The van der Waals surface area contributed by atoms with Gasteiger partial charge in [-0.05, 0) is 137 Å². The van der Waals surface area contributed by atoms with E-state index in [4.69, 9.17) is 0 Å². The summed E-state index contributed by atoms with van der Waals surface area (Å²) < 4.78 is 3.55. The summed E-state index contributed by atoms with van der Waals surface area (Å²) in [6.45, 7) is 6.13. The van der Waals surface area contributed by atoms with Gasteiger partial charge < -0.3 is 9.47 Å². The molecule has 0 atom stereocenters. The van der Waals surface area contributed by atoms with E-state index in [1.165, 1.54) is 53.6 Å². The lowest BCUT2D eigenvalue weighted by atomic mass is 10.0. The van der Waals surface area contributed by atoms with Gasteiger partial charge in [-0.1, -0.05) is 122 Å². The minimum absolute atomic E-state index is 0.652. The van der Waals surface area contributed by atoms with Crippen LogP contribution in [-0.4, -0.2) is 4.57 Å². The minimum Gasteiger partial charge on any atom is -0.311 e. The van der Waals surface area contributed by atoms with Crippen molar-refractivity contribution in [2.24, 2.45) is 0 Å². The fourth-order valence-electron chi connectivity index (χ4n) is 8.41. The highest BCUT2D eigenvalue weighted by molar-refractivity contribution is 7.20. The van der Waals surface area contributed by atoms with Crippen molar-refractivity contribution in [3.63, 3.8) is 0 Å². The number of rotatable bonds is 9. The zero-order chi connectivity index (χ0) is 40.6. The Kier molecular flexibility index (Phi) is 9.50. The molecule has 10 aromatic rings. The van der Waals surface area contributed by atoms with Crippen molar-refractivity contribution in [2.45, 2.75) is 6.92 Å². The number of hydrogen-bond donors (Lipinski definition) is 0. The highest BCUT2D eigenvalue weighted by Crippen LogP contribution is 2.41. The Bertz CT molecular complexity index is 3250. The summed E-state index contributed by atoms with van der Waals surface area (Å²) in [6.07, 6.45) is 6.24. The number of para-hydroxylation sites is 1. The fraction of sp³-hybridized carbons (Fsp3) is 0.0179. The van der Waals surface area contributed by atoms with Crippen molar-refractivity contribution >= 4 is 72.4 Å². The molecule has 0 spiro atoms. The number of fused-ring (bicyclic) bond motifs is 4. The SMILES string of the molecule is C=Cc1sc2ccc(-c3ccc(N(c4ccc(-c5ccccc5)cc4)c4ccc(-c5ccc6c(c5)c5ccccc5n6-c5ccc(C#N)cc5)cc4)cc3)cc2c1/C=C\C. The molecule has 0 radical (unpaired) electrons. The molecular weight excluding hydrogens is 747 g/mol. The number of thiophene rings is 1. The number of nitrogens with zero attached hydrogens (tertiary/aromatic N) is 3. The quantitative estimate of drug-likeness (QED) is 0.146. The van der Waals surface area contributed by atoms with E-state index < -0.39 is 0 Å². The summed E-state index contributed by atoms with van der Waals surface area (Å²) in [5.41, 5.74) is 15.5. The van der Waals surface area contributed by atoms with Crippen LogP contribution < -0.4 is 4.90 Å². The lowest BCUT2D eigenvalue weighted by molar-refractivity contribution is 1.18. The molecule has 0 aliphatic rings. The molecule has 0 N–H and O–H groups in total. The average molecular weight is 786 g/mol. The van der Waals surface area contributed by atoms with E-state index in [1.54, 1.807) is 11.3 Å². The molecule has 0 fully saturated rings. The molecule has 3 nitrogen and oxygen atoms in total. The van der Waals surface area contributed by atoms with Gasteiger partial charge in [0.1, 0.15) is 0 Å². The van der Waals surface area contributed by atoms with E-state index in [9.17, 15) is 5.26 Å². The van der Waals surface area contributed by atoms with Crippen LogP contribution in [0.2, 0.25) is 0 Å². The molecule has 0 saturated carbocycles. The van der Waals surface area contributed by atoms with Crippen molar-refractivity contribution in [2.75, 3.05) is 4.90 Å². The lowest BCUT2D eigenvalue weighted by Crippen LogP contribution is -2.09. The topological polar surface area (TPSA) is 32.0 Å². The molecule has 10 rings (SSSR count). The van der Waals surface area contributed by atoms with Gasteiger partial charge in [-0.2, -0.15) is 5.26 Å². The Labute approximate surface area is 354 Å². The second kappa shape index (κ2) is 15.6. The van der Waals surface area contributed by atoms with E-state index in [-0.39, 0.29) is 0 Å². The maximum Gasteiger partial charge on any atom is 0.0991 e. The van der Waals surface area contributed by atoms with Crippen LogP contribution in [-0.2, 0) is 0 Å². The van der Waals surface area contributed by atoms with Gasteiger partial charge in [-0.3, -0.25) is 0 Å². The second-order valence-electron chi connectivity index (χ2n) is 14.9. The lowest BCUT2D eigenvalue weighted by Gasteiger charge is -2.26. The van der Waals surface area contributed by atoms with Crippen molar-refractivity contribution < 1.29 is 0 Å². The Morgan fingerprint density at radius 3 is 1.65 bits per heavy atom. The standard InChI is InChI=1S/C56H39N3S/c1-3-10-50-52-36-44(24-34-56(52)60-55(50)4-2)42-21-31-47(32-22-42)58(45-27-17-40(18-28-45)39-11-6-5-7-12-39)46-29-19-41(20-30-46)43-23-33-54-51(35-43)49-13-8-9-14-53(49)59(54)48-25-15-38(37-57)16-26-48/h3-36H,2H2,1H3/b10-3-. The maximum atomic E-state index is 9.39. The molecule has 2 aromatic heterocycles. The predicted molar refractivity (Wildman–Crippen MR) is 257 cm³/mol. The first kappa shape index (κ1) is 36.6. The van der Waals surface area contributed by atoms with Gasteiger partial charge in [0, 0.05) is 48.5 Å². The Morgan fingerprint density at radius 1 is 0.533 bits per heavy atom. The number of hydrogen-bond acceptors (Lipinski definition) is 3. The van der Waals surface area contributed by atoms with E-state index in [1.807, 2.05) is 30.3 Å². The monoisotopic (exact) mass is 785 g/mol. The highest BCUT2D eigenvalue weighted by atomic mass is 32.1. The van der Waals surface area contributed by atoms with Gasteiger partial charge in [-0.15, -0.1) is 11.3 Å². The molecule has 284 valence electrons. The summed E-state index contributed by atoms with van der Waals surface area (Å²) in [7, 11) is 0. The first-order chi connectivity index (χ1) is 29.6. The van der Waals surface area contributed by atoms with Crippen LogP contribution >= 0.6 is 11.3 Å². The molecule has 0 amide bonds. The second-order valence-corrected chi connectivity index (χ2v) is 16.0. The highest BCUT2D eigenvalue weighted by Gasteiger charge is 2.17. The first-order valence-electron chi connectivity index (χ1n) is 20.1. The maximum absolute atomic E-state index is 9.39. The average Bonchev–Trinajstić information content (AvgIpc) is 3.84. The number of nitriles is 1. The fourth-order valence-corrected chi connectivity index (χ4v) is 9.43. The first-order valence-corrected chi connectivity index (χ1v) is 20.9. The van der Waals surface area contributed by atoms with Gasteiger partial charge in [0.15, 0.2) is 0 Å². The van der Waals surface area contributed by atoms with Crippen LogP contribution in [0.15, 0.2) is 201 Å². The predicted octanol–water partition coefficient (Wildman–Crippen LogP) is 16.0. The molecule has 8 aromatic carbocycles. The van der Waals surface area contributed by atoms with Gasteiger partial charge >= 0.3 is 0 Å². The van der Waals surface area contributed by atoms with E-state index in [0.717, 1.165) is 44.9 Å². The van der Waals surface area contributed by atoms with Gasteiger partial charge in [0.2, 0.25) is 0 Å². The van der Waals surface area contributed by atoms with Crippen molar-refractivity contribution in [1.82, 2.24) is 4.57 Å². The zero-order valence-electron chi connectivity index (χ0n) is 33.1. The van der Waals surface area contributed by atoms with Crippen molar-refractivity contribution in [3.05, 3.63) is 217 Å². The smallest absolute Gasteiger partial charge is 0.0991 e. The summed E-state index contributed by atoms with van der Waals surface area (Å²) in [5, 5.41) is 13.0. The summed E-state index contributed by atoms with van der Waals surface area (Å²) in [5.74, 6) is 0. The summed E-state index contributed by atoms with van der Waals surface area (Å²) in [6, 6.07) is 69.3. The molecular formula is C56H39N3S. The van der Waals surface area contributed by atoms with Gasteiger partial charge in [0.05, 0.1) is 22.7 Å². The molecule has 4 heteroatoms. The number of aromatic nitrogens is 1. The molecule has 0 bridgehead atoms. The number of anilines is 3. The molecule has 0 saturated heterocycles. The molecule has 0 aliphatic heterocycles. The largest absolute Gasteiger partial charge is 0.311 e. The molecule has 60 heavy (non-hydrogen) atoms. The normalized spacial score (nSPS) is 11.4. The minimum atomic E-state index is 0.652. The van der Waals surface area contributed by atoms with E-state index in [2.05, 4.69) is 205 Å². The van der Waals surface area contributed by atoms with E-state index >= 15 is 0 Å². The zero-order valence-corrected chi connectivity index (χ0v) is 33.9. The Morgan fingerprint density at radius 2 is 1.05 bits per heavy atom. The number of allylic oxidation sites excluding steroid dienone is 1. The molecule has 2 heterocycles. The third-order valence-electron chi connectivity index (χ3n) is 11.4. The van der Waals surface area contributed by atoms with Crippen LogP contribution in [0.3, 0.4) is 0 Å². The van der Waals surface area contributed by atoms with Crippen molar-refractivity contribution in [1.29, 1.82) is 5.26 Å². The van der Waals surface area contributed by atoms with Gasteiger partial charge in [-0.25, -0.2) is 0 Å². The van der Waals surface area contributed by atoms with Crippen LogP contribution in [0.25, 0.3) is 83.1 Å².